The van der Waals surface area contributed by atoms with Crippen LogP contribution >= 0.6 is 0 Å². The van der Waals surface area contributed by atoms with Crippen LogP contribution in [0.4, 0.5) is 0 Å². The van der Waals surface area contributed by atoms with Crippen molar-refractivity contribution < 1.29 is 9.53 Å². The first-order valence-electron chi connectivity index (χ1n) is 6.74. The topological polar surface area (TPSA) is 29.5 Å². The summed E-state index contributed by atoms with van der Waals surface area (Å²) < 4.78 is 5.97. The van der Waals surface area contributed by atoms with Crippen molar-refractivity contribution in [3.05, 3.63) is 35.4 Å². The molecule has 0 bridgehead atoms. The van der Waals surface area contributed by atoms with Crippen molar-refractivity contribution in [3.63, 3.8) is 0 Å². The second-order valence-electron chi connectivity index (χ2n) is 5.16. The maximum absolute atomic E-state index is 11.7. The molecule has 1 aromatic carbocycles. The van der Waals surface area contributed by atoms with Crippen molar-refractivity contribution in [1.82, 2.24) is 4.90 Å². The van der Waals surface area contributed by atoms with Gasteiger partial charge in [-0.1, -0.05) is 24.3 Å². The van der Waals surface area contributed by atoms with Gasteiger partial charge in [-0.2, -0.15) is 0 Å². The molecule has 0 spiro atoms. The van der Waals surface area contributed by atoms with E-state index in [1.165, 1.54) is 11.1 Å². The zero-order chi connectivity index (χ0) is 12.5. The molecule has 2 atom stereocenters. The first-order chi connectivity index (χ1) is 8.77. The predicted octanol–water partition coefficient (Wildman–Crippen LogP) is 2.31. The third kappa shape index (κ3) is 1.93. The Kier molecular flexibility index (Phi) is 3.08. The van der Waals surface area contributed by atoms with Gasteiger partial charge >= 0.3 is 0 Å². The van der Waals surface area contributed by atoms with Crippen LogP contribution in [0, 0.1) is 0 Å². The van der Waals surface area contributed by atoms with Gasteiger partial charge in [0, 0.05) is 13.5 Å². The highest BCUT2D eigenvalue weighted by Crippen LogP contribution is 2.36. The van der Waals surface area contributed by atoms with E-state index in [-0.39, 0.29) is 18.1 Å². The molecular formula is C15H19NO2. The number of morpholine rings is 1. The quantitative estimate of drug-likeness (QED) is 0.702. The average Bonchev–Trinajstić information content (AvgIpc) is 2.57. The molecule has 1 amide bonds. The Hall–Kier alpha value is -1.35. The van der Waals surface area contributed by atoms with Gasteiger partial charge in [0.15, 0.2) is 0 Å². The van der Waals surface area contributed by atoms with E-state index < -0.39 is 0 Å². The standard InChI is InChI=1S/C15H19NO2/c1-11(17)16-9-10-18-15-13-7-3-2-5-12(13)6-4-8-14(15)16/h2-3,5,7,14-15H,4,6,8-10H2,1H3/t14-,15-/m1/s1. The fraction of sp³-hybridized carbons (Fsp3) is 0.533. The lowest BCUT2D eigenvalue weighted by Crippen LogP contribution is -2.49. The Morgan fingerprint density at radius 1 is 1.39 bits per heavy atom. The summed E-state index contributed by atoms with van der Waals surface area (Å²) in [6.45, 7) is 3.05. The molecule has 1 heterocycles. The second kappa shape index (κ2) is 4.73. The maximum Gasteiger partial charge on any atom is 0.219 e. The minimum Gasteiger partial charge on any atom is -0.370 e. The summed E-state index contributed by atoms with van der Waals surface area (Å²) in [5.74, 6) is 0.174. The molecule has 96 valence electrons. The van der Waals surface area contributed by atoms with Crippen molar-refractivity contribution in [1.29, 1.82) is 0 Å². The number of ether oxygens (including phenoxy) is 1. The summed E-state index contributed by atoms with van der Waals surface area (Å²) in [5, 5.41) is 0. The molecule has 0 unspecified atom stereocenters. The number of fused-ring (bicyclic) bond motifs is 3. The molecule has 3 rings (SSSR count). The molecule has 18 heavy (non-hydrogen) atoms. The van der Waals surface area contributed by atoms with Crippen LogP contribution in [0.5, 0.6) is 0 Å². The van der Waals surface area contributed by atoms with E-state index in [1.807, 2.05) is 4.90 Å². The lowest BCUT2D eigenvalue weighted by Gasteiger charge is -2.40. The number of amides is 1. The minimum atomic E-state index is 0.0707. The molecule has 1 aliphatic carbocycles. The Balaban J connectivity index is 1.98. The Morgan fingerprint density at radius 3 is 3.06 bits per heavy atom. The zero-order valence-electron chi connectivity index (χ0n) is 10.8. The molecule has 2 aliphatic rings. The molecule has 1 aromatic rings. The van der Waals surface area contributed by atoms with Crippen molar-refractivity contribution in [3.8, 4) is 0 Å². The van der Waals surface area contributed by atoms with E-state index in [0.717, 1.165) is 25.8 Å². The van der Waals surface area contributed by atoms with E-state index in [0.29, 0.717) is 6.61 Å². The fourth-order valence-electron chi connectivity index (χ4n) is 3.25. The lowest BCUT2D eigenvalue weighted by molar-refractivity contribution is -0.144. The van der Waals surface area contributed by atoms with Crippen molar-refractivity contribution >= 4 is 5.91 Å². The van der Waals surface area contributed by atoms with Crippen LogP contribution in [0.1, 0.15) is 37.0 Å². The van der Waals surface area contributed by atoms with Crippen molar-refractivity contribution in [2.45, 2.75) is 38.3 Å². The number of hydrogen-bond acceptors (Lipinski definition) is 2. The van der Waals surface area contributed by atoms with Crippen LogP contribution in [0.25, 0.3) is 0 Å². The van der Waals surface area contributed by atoms with Crippen LogP contribution in [0.3, 0.4) is 0 Å². The van der Waals surface area contributed by atoms with Crippen LogP contribution in [0.2, 0.25) is 0 Å². The Bertz CT molecular complexity index is 458. The molecule has 0 N–H and O–H groups in total. The molecule has 0 radical (unpaired) electrons. The molecule has 1 saturated heterocycles. The van der Waals surface area contributed by atoms with Gasteiger partial charge in [0.2, 0.25) is 5.91 Å². The minimum absolute atomic E-state index is 0.0707. The number of aryl methyl sites for hydroxylation is 1. The molecule has 3 nitrogen and oxygen atoms in total. The average molecular weight is 245 g/mol. The number of benzene rings is 1. The van der Waals surface area contributed by atoms with Crippen LogP contribution in [-0.4, -0.2) is 30.0 Å². The number of rotatable bonds is 0. The SMILES string of the molecule is CC(=O)N1CCO[C@@H]2c3ccccc3CCC[C@H]21. The third-order valence-electron chi connectivity index (χ3n) is 4.09. The highest BCUT2D eigenvalue weighted by molar-refractivity contribution is 5.73. The summed E-state index contributed by atoms with van der Waals surface area (Å²) in [7, 11) is 0. The van der Waals surface area contributed by atoms with E-state index >= 15 is 0 Å². The number of carbonyl (C=O) groups is 1. The molecular weight excluding hydrogens is 226 g/mol. The Labute approximate surface area is 108 Å². The van der Waals surface area contributed by atoms with Gasteiger partial charge in [0.1, 0.15) is 6.10 Å². The predicted molar refractivity (Wildman–Crippen MR) is 69.2 cm³/mol. The zero-order valence-corrected chi connectivity index (χ0v) is 10.8. The Morgan fingerprint density at radius 2 is 2.22 bits per heavy atom. The molecule has 1 fully saturated rings. The monoisotopic (exact) mass is 245 g/mol. The number of hydrogen-bond donors (Lipinski definition) is 0. The van der Waals surface area contributed by atoms with E-state index in [4.69, 9.17) is 4.74 Å². The van der Waals surface area contributed by atoms with Gasteiger partial charge < -0.3 is 9.64 Å². The largest absolute Gasteiger partial charge is 0.370 e. The summed E-state index contributed by atoms with van der Waals surface area (Å²) in [4.78, 5) is 13.7. The number of carbonyl (C=O) groups excluding carboxylic acids is 1. The van der Waals surface area contributed by atoms with E-state index in [1.54, 1.807) is 6.92 Å². The fourth-order valence-corrected chi connectivity index (χ4v) is 3.25. The van der Waals surface area contributed by atoms with Crippen LogP contribution < -0.4 is 0 Å². The lowest BCUT2D eigenvalue weighted by atomic mass is 9.96. The third-order valence-corrected chi connectivity index (χ3v) is 4.09. The van der Waals surface area contributed by atoms with Crippen LogP contribution in [-0.2, 0) is 16.0 Å². The number of nitrogens with zero attached hydrogens (tertiary/aromatic N) is 1. The summed E-state index contributed by atoms with van der Waals surface area (Å²) in [5.41, 5.74) is 2.67. The van der Waals surface area contributed by atoms with Crippen molar-refractivity contribution in [2.75, 3.05) is 13.2 Å². The molecule has 3 heteroatoms. The molecule has 1 aliphatic heterocycles. The second-order valence-corrected chi connectivity index (χ2v) is 5.16. The van der Waals surface area contributed by atoms with E-state index in [2.05, 4.69) is 24.3 Å². The summed E-state index contributed by atoms with van der Waals surface area (Å²) in [6.07, 6.45) is 3.34. The summed E-state index contributed by atoms with van der Waals surface area (Å²) >= 11 is 0. The summed E-state index contributed by atoms with van der Waals surface area (Å²) in [6, 6.07) is 8.72. The van der Waals surface area contributed by atoms with Gasteiger partial charge in [0.05, 0.1) is 12.6 Å². The van der Waals surface area contributed by atoms with Gasteiger partial charge in [-0.15, -0.1) is 0 Å². The van der Waals surface area contributed by atoms with Crippen LogP contribution in [0.15, 0.2) is 24.3 Å². The first-order valence-corrected chi connectivity index (χ1v) is 6.74. The van der Waals surface area contributed by atoms with Crippen molar-refractivity contribution in [2.24, 2.45) is 0 Å². The normalized spacial score (nSPS) is 27.1. The molecule has 0 aromatic heterocycles. The maximum atomic E-state index is 11.7. The van der Waals surface area contributed by atoms with Gasteiger partial charge in [-0.3, -0.25) is 4.79 Å². The van der Waals surface area contributed by atoms with E-state index in [9.17, 15) is 4.79 Å². The highest BCUT2D eigenvalue weighted by Gasteiger charge is 2.36. The van der Waals surface area contributed by atoms with Gasteiger partial charge in [-0.05, 0) is 30.4 Å². The van der Waals surface area contributed by atoms with Gasteiger partial charge in [-0.25, -0.2) is 0 Å². The van der Waals surface area contributed by atoms with Gasteiger partial charge in [0.25, 0.3) is 0 Å². The molecule has 0 saturated carbocycles. The highest BCUT2D eigenvalue weighted by atomic mass is 16.5. The first kappa shape index (κ1) is 11.7. The smallest absolute Gasteiger partial charge is 0.219 e.